The van der Waals surface area contributed by atoms with Crippen LogP contribution in [0.3, 0.4) is 0 Å². The smallest absolute Gasteiger partial charge is 0.264 e. The summed E-state index contributed by atoms with van der Waals surface area (Å²) in [6, 6.07) is 13.6. The Kier molecular flexibility index (Phi) is 5.44. The van der Waals surface area contributed by atoms with Crippen molar-refractivity contribution in [1.82, 2.24) is 4.90 Å². The SMILES string of the molecule is Cc1cc(Br)ccc1NC(=O)CN(C)C(=O)c1sc2ccccc2c1C. The minimum absolute atomic E-state index is 0.00201. The molecular weight excluding hydrogens is 412 g/mol. The molecule has 1 N–H and O–H groups in total. The van der Waals surface area contributed by atoms with Crippen molar-refractivity contribution < 1.29 is 9.59 Å². The van der Waals surface area contributed by atoms with E-state index < -0.39 is 0 Å². The normalized spacial score (nSPS) is 10.8. The Bertz CT molecular complexity index is 997. The number of fused-ring (bicyclic) bond motifs is 1. The molecule has 3 rings (SSSR count). The summed E-state index contributed by atoms with van der Waals surface area (Å²) in [6.45, 7) is 3.88. The Morgan fingerprint density at radius 3 is 2.58 bits per heavy atom. The molecule has 0 radical (unpaired) electrons. The van der Waals surface area contributed by atoms with Gasteiger partial charge in [0, 0.05) is 21.9 Å². The Hall–Kier alpha value is -2.18. The molecule has 0 saturated heterocycles. The van der Waals surface area contributed by atoms with Gasteiger partial charge in [-0.05, 0) is 54.6 Å². The van der Waals surface area contributed by atoms with Crippen LogP contribution in [0.5, 0.6) is 0 Å². The van der Waals surface area contributed by atoms with Crippen LogP contribution in [0.25, 0.3) is 10.1 Å². The van der Waals surface area contributed by atoms with E-state index in [-0.39, 0.29) is 18.4 Å². The van der Waals surface area contributed by atoms with E-state index in [1.807, 2.05) is 56.3 Å². The summed E-state index contributed by atoms with van der Waals surface area (Å²) in [6.07, 6.45) is 0. The predicted octanol–water partition coefficient (Wildman–Crippen LogP) is 4.99. The zero-order valence-electron chi connectivity index (χ0n) is 14.8. The van der Waals surface area contributed by atoms with Gasteiger partial charge in [-0.1, -0.05) is 34.1 Å². The molecular formula is C20H19BrN2O2S. The number of aryl methyl sites for hydroxylation is 2. The average molecular weight is 431 g/mol. The van der Waals surface area contributed by atoms with Crippen molar-refractivity contribution in [3.05, 3.63) is 62.9 Å². The lowest BCUT2D eigenvalue weighted by molar-refractivity contribution is -0.116. The van der Waals surface area contributed by atoms with Crippen LogP contribution in [-0.4, -0.2) is 30.3 Å². The standard InChI is InChI=1S/C20H19BrN2O2S/c1-12-10-14(21)8-9-16(12)22-18(24)11-23(3)20(25)19-13(2)15-6-4-5-7-17(15)26-19/h4-10H,11H2,1-3H3,(H,22,24). The number of halogens is 1. The maximum Gasteiger partial charge on any atom is 0.264 e. The van der Waals surface area contributed by atoms with E-state index in [2.05, 4.69) is 21.2 Å². The van der Waals surface area contributed by atoms with Gasteiger partial charge in [-0.15, -0.1) is 11.3 Å². The first-order chi connectivity index (χ1) is 12.4. The fourth-order valence-electron chi connectivity index (χ4n) is 2.80. The molecule has 2 amide bonds. The second-order valence-electron chi connectivity index (χ2n) is 6.22. The lowest BCUT2D eigenvalue weighted by Gasteiger charge is -2.17. The number of rotatable bonds is 4. The molecule has 1 aromatic heterocycles. The van der Waals surface area contributed by atoms with Crippen LogP contribution in [0, 0.1) is 13.8 Å². The van der Waals surface area contributed by atoms with Gasteiger partial charge in [0.2, 0.25) is 5.91 Å². The van der Waals surface area contributed by atoms with Crippen molar-refractivity contribution in [3.63, 3.8) is 0 Å². The number of hydrogen-bond acceptors (Lipinski definition) is 3. The molecule has 0 atom stereocenters. The largest absolute Gasteiger partial charge is 0.332 e. The van der Waals surface area contributed by atoms with Crippen molar-refractivity contribution >= 4 is 54.9 Å². The van der Waals surface area contributed by atoms with Gasteiger partial charge in [0.15, 0.2) is 0 Å². The highest BCUT2D eigenvalue weighted by molar-refractivity contribution is 9.10. The third-order valence-corrected chi connectivity index (χ3v) is 5.98. The minimum Gasteiger partial charge on any atom is -0.332 e. The number of carbonyl (C=O) groups excluding carboxylic acids is 2. The number of nitrogens with zero attached hydrogens (tertiary/aromatic N) is 1. The highest BCUT2D eigenvalue weighted by atomic mass is 79.9. The highest BCUT2D eigenvalue weighted by Crippen LogP contribution is 2.31. The second-order valence-corrected chi connectivity index (χ2v) is 8.19. The first-order valence-electron chi connectivity index (χ1n) is 8.16. The van der Waals surface area contributed by atoms with E-state index in [1.54, 1.807) is 7.05 Å². The minimum atomic E-state index is -0.218. The molecule has 0 aliphatic carbocycles. The number of benzene rings is 2. The molecule has 2 aromatic carbocycles. The van der Waals surface area contributed by atoms with E-state index in [9.17, 15) is 9.59 Å². The molecule has 134 valence electrons. The summed E-state index contributed by atoms with van der Waals surface area (Å²) in [5, 5.41) is 3.95. The third kappa shape index (κ3) is 3.81. The number of hydrogen-bond donors (Lipinski definition) is 1. The van der Waals surface area contributed by atoms with Crippen LogP contribution in [0.2, 0.25) is 0 Å². The molecule has 3 aromatic rings. The maximum atomic E-state index is 12.8. The highest BCUT2D eigenvalue weighted by Gasteiger charge is 2.20. The van der Waals surface area contributed by atoms with Gasteiger partial charge in [-0.25, -0.2) is 0 Å². The average Bonchev–Trinajstić information content (AvgIpc) is 2.94. The third-order valence-electron chi connectivity index (χ3n) is 4.23. The van der Waals surface area contributed by atoms with Gasteiger partial charge >= 0.3 is 0 Å². The summed E-state index contributed by atoms with van der Waals surface area (Å²) < 4.78 is 2.04. The summed E-state index contributed by atoms with van der Waals surface area (Å²) in [5.74, 6) is -0.351. The second kappa shape index (κ2) is 7.60. The van der Waals surface area contributed by atoms with Crippen LogP contribution in [0.1, 0.15) is 20.8 Å². The van der Waals surface area contributed by atoms with Gasteiger partial charge in [-0.2, -0.15) is 0 Å². The van der Waals surface area contributed by atoms with Crippen LogP contribution >= 0.6 is 27.3 Å². The first-order valence-corrected chi connectivity index (χ1v) is 9.77. The Morgan fingerprint density at radius 1 is 1.15 bits per heavy atom. The number of carbonyl (C=O) groups is 2. The molecule has 1 heterocycles. The number of anilines is 1. The van der Waals surface area contributed by atoms with Crippen molar-refractivity contribution in [2.24, 2.45) is 0 Å². The van der Waals surface area contributed by atoms with E-state index >= 15 is 0 Å². The summed E-state index contributed by atoms with van der Waals surface area (Å²) in [5.41, 5.74) is 2.67. The summed E-state index contributed by atoms with van der Waals surface area (Å²) in [7, 11) is 1.65. The summed E-state index contributed by atoms with van der Waals surface area (Å²) >= 11 is 4.87. The zero-order valence-corrected chi connectivity index (χ0v) is 17.2. The van der Waals surface area contributed by atoms with Crippen LogP contribution in [-0.2, 0) is 4.79 Å². The van der Waals surface area contributed by atoms with Crippen LogP contribution in [0.15, 0.2) is 46.9 Å². The molecule has 0 fully saturated rings. The van der Waals surface area contributed by atoms with Crippen molar-refractivity contribution in [3.8, 4) is 0 Å². The van der Waals surface area contributed by atoms with E-state index in [0.29, 0.717) is 4.88 Å². The van der Waals surface area contributed by atoms with Gasteiger partial charge in [0.05, 0.1) is 11.4 Å². The molecule has 0 aliphatic rings. The van der Waals surface area contributed by atoms with Crippen LogP contribution in [0.4, 0.5) is 5.69 Å². The molecule has 0 aliphatic heterocycles. The molecule has 0 saturated carbocycles. The van der Waals surface area contributed by atoms with Crippen molar-refractivity contribution in [2.75, 3.05) is 18.9 Å². The summed E-state index contributed by atoms with van der Waals surface area (Å²) in [4.78, 5) is 27.3. The fourth-order valence-corrected chi connectivity index (χ4v) is 4.48. The lowest BCUT2D eigenvalue weighted by Crippen LogP contribution is -2.34. The number of nitrogens with one attached hydrogen (secondary N) is 1. The van der Waals surface area contributed by atoms with Gasteiger partial charge in [0.1, 0.15) is 0 Å². The predicted molar refractivity (Wildman–Crippen MR) is 111 cm³/mol. The molecule has 26 heavy (non-hydrogen) atoms. The molecule has 0 unspecified atom stereocenters. The molecule has 6 heteroatoms. The molecule has 0 spiro atoms. The zero-order chi connectivity index (χ0) is 18.8. The Balaban J connectivity index is 1.72. The lowest BCUT2D eigenvalue weighted by atomic mass is 10.1. The van der Waals surface area contributed by atoms with E-state index in [0.717, 1.165) is 31.4 Å². The number of thiophene rings is 1. The van der Waals surface area contributed by atoms with E-state index in [1.165, 1.54) is 16.2 Å². The Labute approximate surface area is 165 Å². The monoisotopic (exact) mass is 430 g/mol. The number of likely N-dealkylation sites (N-methyl/N-ethyl adjacent to an activating group) is 1. The van der Waals surface area contributed by atoms with Crippen LogP contribution < -0.4 is 5.32 Å². The molecule has 0 bridgehead atoms. The fraction of sp³-hybridized carbons (Fsp3) is 0.200. The van der Waals surface area contributed by atoms with Crippen molar-refractivity contribution in [1.29, 1.82) is 0 Å². The maximum absolute atomic E-state index is 12.8. The first kappa shape index (κ1) is 18.6. The Morgan fingerprint density at radius 2 is 1.88 bits per heavy atom. The van der Waals surface area contributed by atoms with E-state index in [4.69, 9.17) is 0 Å². The quantitative estimate of drug-likeness (QED) is 0.633. The van der Waals surface area contributed by atoms with Gasteiger partial charge in [0.25, 0.3) is 5.91 Å². The number of amides is 2. The van der Waals surface area contributed by atoms with Crippen molar-refractivity contribution in [2.45, 2.75) is 13.8 Å². The van der Waals surface area contributed by atoms with Gasteiger partial charge in [-0.3, -0.25) is 9.59 Å². The van der Waals surface area contributed by atoms with Gasteiger partial charge < -0.3 is 10.2 Å². The topological polar surface area (TPSA) is 49.4 Å². The molecule has 4 nitrogen and oxygen atoms in total.